The predicted octanol–water partition coefficient (Wildman–Crippen LogP) is 4.20. The molecule has 0 saturated heterocycles. The predicted molar refractivity (Wildman–Crippen MR) is 94.9 cm³/mol. The summed E-state index contributed by atoms with van der Waals surface area (Å²) >= 11 is 0. The van der Waals surface area contributed by atoms with Crippen molar-refractivity contribution in [1.29, 1.82) is 0 Å². The van der Waals surface area contributed by atoms with Crippen LogP contribution in [-0.2, 0) is 21.0 Å². The van der Waals surface area contributed by atoms with E-state index in [0.717, 1.165) is 11.1 Å². The van der Waals surface area contributed by atoms with Gasteiger partial charge in [-0.25, -0.2) is 13.1 Å². The summed E-state index contributed by atoms with van der Waals surface area (Å²) in [6.07, 6.45) is 0. The van der Waals surface area contributed by atoms with Crippen LogP contribution < -0.4 is 4.72 Å². The van der Waals surface area contributed by atoms with Gasteiger partial charge in [-0.1, -0.05) is 63.2 Å². The molecule has 0 atom stereocenters. The molecule has 2 rings (SSSR count). The van der Waals surface area contributed by atoms with Gasteiger partial charge in [0.2, 0.25) is 10.0 Å². The van der Waals surface area contributed by atoms with Gasteiger partial charge in [-0.2, -0.15) is 0 Å². The monoisotopic (exact) mass is 331 g/mol. The van der Waals surface area contributed by atoms with Crippen LogP contribution in [0, 0.1) is 0 Å². The zero-order valence-corrected chi connectivity index (χ0v) is 15.2. The van der Waals surface area contributed by atoms with E-state index in [4.69, 9.17) is 0 Å². The second kappa shape index (κ2) is 6.10. The van der Waals surface area contributed by atoms with Gasteiger partial charge in [-0.05, 0) is 42.5 Å². The lowest BCUT2D eigenvalue weighted by Crippen LogP contribution is -2.40. The van der Waals surface area contributed by atoms with Gasteiger partial charge in [0.05, 0.1) is 10.4 Å². The first-order valence-corrected chi connectivity index (χ1v) is 9.21. The number of benzene rings is 2. The minimum atomic E-state index is -3.58. The molecule has 2 aromatic carbocycles. The van der Waals surface area contributed by atoms with Crippen LogP contribution in [0.3, 0.4) is 0 Å². The molecule has 0 bridgehead atoms. The first kappa shape index (κ1) is 17.7. The van der Waals surface area contributed by atoms with Gasteiger partial charge in [0.1, 0.15) is 0 Å². The fourth-order valence-electron chi connectivity index (χ4n) is 2.44. The molecule has 0 fully saturated rings. The number of hydrogen-bond acceptors (Lipinski definition) is 2. The number of hydrogen-bond donors (Lipinski definition) is 1. The Morgan fingerprint density at radius 1 is 0.739 bits per heavy atom. The van der Waals surface area contributed by atoms with Gasteiger partial charge in [-0.15, -0.1) is 0 Å². The standard InChI is InChI=1S/C19H25NO2S/c1-18(2,3)15-11-13-17(14-12-15)23(21,22)20-19(4,5)16-9-7-6-8-10-16/h6-14,20H,1-5H3. The molecule has 0 saturated carbocycles. The van der Waals surface area contributed by atoms with Crippen LogP contribution in [0.2, 0.25) is 0 Å². The molecule has 3 nitrogen and oxygen atoms in total. The molecule has 0 amide bonds. The highest BCUT2D eigenvalue weighted by Gasteiger charge is 2.28. The van der Waals surface area contributed by atoms with Crippen molar-refractivity contribution < 1.29 is 8.42 Å². The lowest BCUT2D eigenvalue weighted by atomic mass is 9.87. The molecule has 23 heavy (non-hydrogen) atoms. The molecule has 1 N–H and O–H groups in total. The number of nitrogens with one attached hydrogen (secondary N) is 1. The Kier molecular flexibility index (Phi) is 4.69. The topological polar surface area (TPSA) is 46.2 Å². The lowest BCUT2D eigenvalue weighted by Gasteiger charge is -2.27. The van der Waals surface area contributed by atoms with Gasteiger partial charge >= 0.3 is 0 Å². The highest BCUT2D eigenvalue weighted by atomic mass is 32.2. The Morgan fingerprint density at radius 2 is 1.26 bits per heavy atom. The summed E-state index contributed by atoms with van der Waals surface area (Å²) < 4.78 is 28.1. The summed E-state index contributed by atoms with van der Waals surface area (Å²) in [4.78, 5) is 0.287. The van der Waals surface area contributed by atoms with E-state index in [0.29, 0.717) is 0 Å². The van der Waals surface area contributed by atoms with Crippen molar-refractivity contribution in [2.45, 2.75) is 50.5 Å². The first-order valence-electron chi connectivity index (χ1n) is 7.72. The van der Waals surface area contributed by atoms with Crippen molar-refractivity contribution in [2.75, 3.05) is 0 Å². The Bertz CT molecular complexity index is 755. The summed E-state index contributed by atoms with van der Waals surface area (Å²) in [5, 5.41) is 0. The third-order valence-electron chi connectivity index (χ3n) is 3.92. The van der Waals surface area contributed by atoms with Crippen LogP contribution in [0.25, 0.3) is 0 Å². The largest absolute Gasteiger partial charge is 0.241 e. The maximum Gasteiger partial charge on any atom is 0.241 e. The highest BCUT2D eigenvalue weighted by Crippen LogP contribution is 2.26. The van der Waals surface area contributed by atoms with Crippen LogP contribution in [0.15, 0.2) is 59.5 Å². The maximum absolute atomic E-state index is 12.7. The minimum absolute atomic E-state index is 0.000962. The zero-order valence-electron chi connectivity index (χ0n) is 14.4. The molecule has 0 heterocycles. The number of sulfonamides is 1. The van der Waals surface area contributed by atoms with Gasteiger partial charge in [-0.3, -0.25) is 0 Å². The molecule has 0 spiro atoms. The Morgan fingerprint density at radius 3 is 1.74 bits per heavy atom. The van der Waals surface area contributed by atoms with E-state index in [9.17, 15) is 8.42 Å². The van der Waals surface area contributed by atoms with Crippen molar-refractivity contribution in [3.05, 3.63) is 65.7 Å². The van der Waals surface area contributed by atoms with Crippen molar-refractivity contribution in [2.24, 2.45) is 0 Å². The van der Waals surface area contributed by atoms with E-state index in [1.54, 1.807) is 12.1 Å². The van der Waals surface area contributed by atoms with E-state index in [1.165, 1.54) is 0 Å². The number of rotatable bonds is 4. The van der Waals surface area contributed by atoms with Gasteiger partial charge in [0.15, 0.2) is 0 Å². The Hall–Kier alpha value is -1.65. The normalized spacial score (nSPS) is 13.1. The minimum Gasteiger partial charge on any atom is -0.207 e. The van der Waals surface area contributed by atoms with Crippen LogP contribution in [0.5, 0.6) is 0 Å². The molecule has 0 radical (unpaired) electrons. The first-order chi connectivity index (χ1) is 10.5. The Labute approximate surface area is 139 Å². The second-order valence-corrected chi connectivity index (χ2v) is 9.05. The molecule has 0 aliphatic rings. The van der Waals surface area contributed by atoms with E-state index in [1.807, 2.05) is 56.3 Å². The summed E-state index contributed by atoms with van der Waals surface area (Å²) in [7, 11) is -3.58. The van der Waals surface area contributed by atoms with Crippen molar-refractivity contribution in [3.63, 3.8) is 0 Å². The smallest absolute Gasteiger partial charge is 0.207 e. The average Bonchev–Trinajstić information content (AvgIpc) is 2.46. The molecule has 0 aliphatic heterocycles. The molecule has 0 unspecified atom stereocenters. The summed E-state index contributed by atoms with van der Waals surface area (Å²) in [5.74, 6) is 0. The maximum atomic E-state index is 12.7. The molecule has 0 aromatic heterocycles. The average molecular weight is 331 g/mol. The fourth-order valence-corrected chi connectivity index (χ4v) is 3.84. The van der Waals surface area contributed by atoms with Gasteiger partial charge in [0, 0.05) is 0 Å². The van der Waals surface area contributed by atoms with E-state index in [2.05, 4.69) is 25.5 Å². The molecular formula is C19H25NO2S. The zero-order chi connectivity index (χ0) is 17.3. The molecule has 2 aromatic rings. The fraction of sp³-hybridized carbons (Fsp3) is 0.368. The summed E-state index contributed by atoms with van der Waals surface area (Å²) in [6.45, 7) is 10.0. The van der Waals surface area contributed by atoms with E-state index < -0.39 is 15.6 Å². The van der Waals surface area contributed by atoms with Crippen molar-refractivity contribution in [3.8, 4) is 0 Å². The second-order valence-electron chi connectivity index (χ2n) is 7.37. The molecule has 124 valence electrons. The van der Waals surface area contributed by atoms with Crippen LogP contribution >= 0.6 is 0 Å². The summed E-state index contributed by atoms with van der Waals surface area (Å²) in [6, 6.07) is 16.7. The third-order valence-corrected chi connectivity index (χ3v) is 5.59. The van der Waals surface area contributed by atoms with Gasteiger partial charge in [0.25, 0.3) is 0 Å². The van der Waals surface area contributed by atoms with Crippen LogP contribution in [0.1, 0.15) is 45.7 Å². The van der Waals surface area contributed by atoms with Crippen LogP contribution in [-0.4, -0.2) is 8.42 Å². The highest BCUT2D eigenvalue weighted by molar-refractivity contribution is 7.89. The molecular weight excluding hydrogens is 306 g/mol. The molecule has 4 heteroatoms. The van der Waals surface area contributed by atoms with Crippen molar-refractivity contribution >= 4 is 10.0 Å². The van der Waals surface area contributed by atoms with E-state index in [-0.39, 0.29) is 10.3 Å². The lowest BCUT2D eigenvalue weighted by molar-refractivity contribution is 0.472. The Balaban J connectivity index is 2.29. The van der Waals surface area contributed by atoms with Crippen molar-refractivity contribution in [1.82, 2.24) is 4.72 Å². The van der Waals surface area contributed by atoms with E-state index >= 15 is 0 Å². The van der Waals surface area contributed by atoms with Gasteiger partial charge < -0.3 is 0 Å². The SMILES string of the molecule is CC(C)(C)c1ccc(S(=O)(=O)NC(C)(C)c2ccccc2)cc1. The van der Waals surface area contributed by atoms with Crippen LogP contribution in [0.4, 0.5) is 0 Å². The quantitative estimate of drug-likeness (QED) is 0.913. The molecule has 0 aliphatic carbocycles. The summed E-state index contributed by atoms with van der Waals surface area (Å²) in [5.41, 5.74) is 1.36. The third kappa shape index (κ3) is 4.21.